The van der Waals surface area contributed by atoms with E-state index in [9.17, 15) is 4.79 Å². The molecule has 0 heterocycles. The lowest BCUT2D eigenvalue weighted by Crippen LogP contribution is -2.13. The molecule has 15 heavy (non-hydrogen) atoms. The maximum Gasteiger partial charge on any atom is 0.411 e. The number of benzene rings is 1. The number of hydrogen-bond acceptors (Lipinski definition) is 2. The Labute approximate surface area is 90.4 Å². The Hall–Kier alpha value is -1.51. The lowest BCUT2D eigenvalue weighted by molar-refractivity contribution is 0.187. The zero-order chi connectivity index (χ0) is 11.3. The van der Waals surface area contributed by atoms with Crippen LogP contribution in [-0.2, 0) is 4.74 Å². The zero-order valence-corrected chi connectivity index (χ0v) is 9.41. The molecule has 3 nitrogen and oxygen atoms in total. The number of carbonyl (C=O) groups excluding carboxylic acids is 1. The van der Waals surface area contributed by atoms with Gasteiger partial charge in [0, 0.05) is 5.69 Å². The number of ether oxygens (including phenoxy) is 1. The van der Waals surface area contributed by atoms with E-state index in [0.29, 0.717) is 5.92 Å². The van der Waals surface area contributed by atoms with Crippen LogP contribution in [0.4, 0.5) is 10.5 Å². The van der Waals surface area contributed by atoms with Crippen LogP contribution in [0.15, 0.2) is 24.3 Å². The standard InChI is InChI=1S/C12H17NO2/c1-4-9(2)10-7-5-6-8-11(10)13-12(14)15-3/h5-9H,4H2,1-3H3,(H,13,14)/t9-/m1/s1. The largest absolute Gasteiger partial charge is 0.453 e. The van der Waals surface area contributed by atoms with E-state index in [4.69, 9.17) is 0 Å². The molecule has 0 aliphatic carbocycles. The van der Waals surface area contributed by atoms with Gasteiger partial charge < -0.3 is 4.74 Å². The van der Waals surface area contributed by atoms with E-state index in [1.165, 1.54) is 7.11 Å². The van der Waals surface area contributed by atoms with Crippen molar-refractivity contribution < 1.29 is 9.53 Å². The van der Waals surface area contributed by atoms with E-state index in [-0.39, 0.29) is 0 Å². The topological polar surface area (TPSA) is 38.3 Å². The van der Waals surface area contributed by atoms with Gasteiger partial charge in [-0.05, 0) is 24.0 Å². The summed E-state index contributed by atoms with van der Waals surface area (Å²) in [4.78, 5) is 11.1. The molecule has 0 saturated carbocycles. The molecule has 0 aromatic heterocycles. The highest BCUT2D eigenvalue weighted by molar-refractivity contribution is 5.85. The maximum absolute atomic E-state index is 11.1. The summed E-state index contributed by atoms with van der Waals surface area (Å²) >= 11 is 0. The molecule has 0 spiro atoms. The molecule has 0 radical (unpaired) electrons. The number of anilines is 1. The van der Waals surface area contributed by atoms with E-state index in [0.717, 1.165) is 17.7 Å². The van der Waals surface area contributed by atoms with Gasteiger partial charge in [0.2, 0.25) is 0 Å². The number of hydrogen-bond donors (Lipinski definition) is 1. The molecule has 1 amide bonds. The fourth-order valence-corrected chi connectivity index (χ4v) is 1.42. The van der Waals surface area contributed by atoms with E-state index >= 15 is 0 Å². The Morgan fingerprint density at radius 1 is 1.47 bits per heavy atom. The highest BCUT2D eigenvalue weighted by Crippen LogP contribution is 2.26. The van der Waals surface area contributed by atoms with Gasteiger partial charge >= 0.3 is 6.09 Å². The minimum Gasteiger partial charge on any atom is -0.453 e. The van der Waals surface area contributed by atoms with Crippen molar-refractivity contribution in [2.75, 3.05) is 12.4 Å². The molecular formula is C12H17NO2. The van der Waals surface area contributed by atoms with Crippen LogP contribution in [0.2, 0.25) is 0 Å². The second-order valence-electron chi connectivity index (χ2n) is 3.51. The normalized spacial score (nSPS) is 11.9. The quantitative estimate of drug-likeness (QED) is 0.825. The first-order valence-electron chi connectivity index (χ1n) is 5.13. The molecule has 1 aromatic rings. The predicted octanol–water partition coefficient (Wildman–Crippen LogP) is 3.38. The molecule has 1 rings (SSSR count). The number of rotatable bonds is 3. The molecule has 1 N–H and O–H groups in total. The van der Waals surface area contributed by atoms with Crippen molar-refractivity contribution in [1.29, 1.82) is 0 Å². The summed E-state index contributed by atoms with van der Waals surface area (Å²) < 4.78 is 4.57. The Bertz CT molecular complexity index is 336. The maximum atomic E-state index is 11.1. The van der Waals surface area contributed by atoms with Gasteiger partial charge in [0.1, 0.15) is 0 Å². The predicted molar refractivity (Wildman–Crippen MR) is 61.2 cm³/mol. The monoisotopic (exact) mass is 207 g/mol. The summed E-state index contributed by atoms with van der Waals surface area (Å²) in [5, 5.41) is 2.71. The van der Waals surface area contributed by atoms with Crippen molar-refractivity contribution in [1.82, 2.24) is 0 Å². The first-order chi connectivity index (χ1) is 7.19. The smallest absolute Gasteiger partial charge is 0.411 e. The van der Waals surface area contributed by atoms with Crippen LogP contribution in [0.1, 0.15) is 31.7 Å². The molecule has 1 atom stereocenters. The number of amides is 1. The third kappa shape index (κ3) is 2.98. The lowest BCUT2D eigenvalue weighted by atomic mass is 9.97. The number of para-hydroxylation sites is 1. The van der Waals surface area contributed by atoms with Gasteiger partial charge in [-0.3, -0.25) is 5.32 Å². The third-order valence-electron chi connectivity index (χ3n) is 2.53. The Kier molecular flexibility index (Phi) is 4.16. The van der Waals surface area contributed by atoms with Crippen LogP contribution < -0.4 is 5.32 Å². The van der Waals surface area contributed by atoms with Crippen LogP contribution in [0, 0.1) is 0 Å². The summed E-state index contributed by atoms with van der Waals surface area (Å²) in [6, 6.07) is 7.79. The van der Waals surface area contributed by atoms with Crippen molar-refractivity contribution in [3.63, 3.8) is 0 Å². The van der Waals surface area contributed by atoms with Gasteiger partial charge in [-0.1, -0.05) is 32.0 Å². The fourth-order valence-electron chi connectivity index (χ4n) is 1.42. The van der Waals surface area contributed by atoms with Crippen LogP contribution in [-0.4, -0.2) is 13.2 Å². The minimum atomic E-state index is -0.425. The Morgan fingerprint density at radius 3 is 2.73 bits per heavy atom. The van der Waals surface area contributed by atoms with Crippen molar-refractivity contribution >= 4 is 11.8 Å². The van der Waals surface area contributed by atoms with Gasteiger partial charge in [-0.15, -0.1) is 0 Å². The molecule has 0 bridgehead atoms. The van der Waals surface area contributed by atoms with Gasteiger partial charge in [-0.2, -0.15) is 0 Å². The van der Waals surface area contributed by atoms with Crippen LogP contribution in [0.5, 0.6) is 0 Å². The summed E-state index contributed by atoms with van der Waals surface area (Å²) in [6.45, 7) is 4.26. The van der Waals surface area contributed by atoms with Gasteiger partial charge in [0.15, 0.2) is 0 Å². The first kappa shape index (κ1) is 11.6. The number of nitrogens with one attached hydrogen (secondary N) is 1. The van der Waals surface area contributed by atoms with Crippen molar-refractivity contribution in [3.8, 4) is 0 Å². The minimum absolute atomic E-state index is 0.425. The first-order valence-corrected chi connectivity index (χ1v) is 5.13. The number of carbonyl (C=O) groups is 1. The lowest BCUT2D eigenvalue weighted by Gasteiger charge is -2.14. The molecule has 0 unspecified atom stereocenters. The Morgan fingerprint density at radius 2 is 2.13 bits per heavy atom. The molecule has 0 fully saturated rings. The van der Waals surface area contributed by atoms with Crippen LogP contribution in [0.3, 0.4) is 0 Å². The highest BCUT2D eigenvalue weighted by atomic mass is 16.5. The van der Waals surface area contributed by atoms with Crippen molar-refractivity contribution in [2.24, 2.45) is 0 Å². The van der Waals surface area contributed by atoms with E-state index in [1.807, 2.05) is 24.3 Å². The Balaban J connectivity index is 2.91. The van der Waals surface area contributed by atoms with E-state index < -0.39 is 6.09 Å². The molecule has 0 saturated heterocycles. The summed E-state index contributed by atoms with van der Waals surface area (Å²) in [6.07, 6.45) is 0.616. The molecule has 82 valence electrons. The molecule has 0 aliphatic heterocycles. The molecule has 0 aliphatic rings. The third-order valence-corrected chi connectivity index (χ3v) is 2.53. The second kappa shape index (κ2) is 5.39. The van der Waals surface area contributed by atoms with Crippen LogP contribution >= 0.6 is 0 Å². The molecule has 1 aromatic carbocycles. The van der Waals surface area contributed by atoms with Crippen molar-refractivity contribution in [2.45, 2.75) is 26.2 Å². The SMILES string of the molecule is CC[C@@H](C)c1ccccc1NC(=O)OC. The van der Waals surface area contributed by atoms with Gasteiger partial charge in [0.25, 0.3) is 0 Å². The average molecular weight is 207 g/mol. The second-order valence-corrected chi connectivity index (χ2v) is 3.51. The summed E-state index contributed by atoms with van der Waals surface area (Å²) in [7, 11) is 1.36. The zero-order valence-electron chi connectivity index (χ0n) is 9.41. The summed E-state index contributed by atoms with van der Waals surface area (Å²) in [5.41, 5.74) is 1.98. The number of methoxy groups -OCH3 is 1. The van der Waals surface area contributed by atoms with Crippen LogP contribution in [0.25, 0.3) is 0 Å². The van der Waals surface area contributed by atoms with Crippen molar-refractivity contribution in [3.05, 3.63) is 29.8 Å². The van der Waals surface area contributed by atoms with Gasteiger partial charge in [-0.25, -0.2) is 4.79 Å². The van der Waals surface area contributed by atoms with E-state index in [1.54, 1.807) is 0 Å². The molecule has 3 heteroatoms. The summed E-state index contributed by atoms with van der Waals surface area (Å²) in [5.74, 6) is 0.429. The molecular weight excluding hydrogens is 190 g/mol. The highest BCUT2D eigenvalue weighted by Gasteiger charge is 2.10. The van der Waals surface area contributed by atoms with E-state index in [2.05, 4.69) is 23.9 Å². The fraction of sp³-hybridized carbons (Fsp3) is 0.417. The van der Waals surface area contributed by atoms with Gasteiger partial charge in [0.05, 0.1) is 7.11 Å². The average Bonchev–Trinajstić information content (AvgIpc) is 2.28.